The van der Waals surface area contributed by atoms with Crippen molar-refractivity contribution in [3.63, 3.8) is 0 Å². The lowest BCUT2D eigenvalue weighted by Gasteiger charge is -2.15. The van der Waals surface area contributed by atoms with Gasteiger partial charge in [0.25, 0.3) is 0 Å². The summed E-state index contributed by atoms with van der Waals surface area (Å²) in [6, 6.07) is 0. The van der Waals surface area contributed by atoms with Gasteiger partial charge in [-0.2, -0.15) is 0 Å². The monoisotopic (exact) mass is 166 g/mol. The van der Waals surface area contributed by atoms with Crippen molar-refractivity contribution < 1.29 is 0 Å². The van der Waals surface area contributed by atoms with E-state index in [0.29, 0.717) is 0 Å². The van der Waals surface area contributed by atoms with E-state index in [-0.39, 0.29) is 0 Å². The van der Waals surface area contributed by atoms with Gasteiger partial charge in [-0.1, -0.05) is 31.8 Å². The fraction of sp³-hybridized carbons (Fsp3) is 0.800. The van der Waals surface area contributed by atoms with Crippen molar-refractivity contribution in [1.82, 2.24) is 0 Å². The maximum Gasteiger partial charge on any atom is 0.0483 e. The lowest BCUT2D eigenvalue weighted by molar-refractivity contribution is 0.681. The SMILES string of the molecule is C[Si](C)(C)[C@@H]1[C@H]2C=CCC[C@@H]21. The molecule has 2 aliphatic carbocycles. The molecule has 1 fully saturated rings. The molecule has 0 aromatic rings. The minimum Gasteiger partial charge on any atom is -0.0882 e. The zero-order valence-corrected chi connectivity index (χ0v) is 8.80. The number of fused-ring (bicyclic) bond motifs is 1. The van der Waals surface area contributed by atoms with E-state index in [1.54, 1.807) is 0 Å². The van der Waals surface area contributed by atoms with Gasteiger partial charge in [0.15, 0.2) is 0 Å². The van der Waals surface area contributed by atoms with Gasteiger partial charge in [-0.3, -0.25) is 0 Å². The third kappa shape index (κ3) is 1.20. The Bertz CT molecular complexity index is 188. The molecule has 0 radical (unpaired) electrons. The van der Waals surface area contributed by atoms with Crippen molar-refractivity contribution >= 4 is 8.07 Å². The van der Waals surface area contributed by atoms with Crippen LogP contribution in [0.3, 0.4) is 0 Å². The summed E-state index contributed by atoms with van der Waals surface area (Å²) in [6.07, 6.45) is 7.70. The van der Waals surface area contributed by atoms with E-state index in [9.17, 15) is 0 Å². The Morgan fingerprint density at radius 1 is 1.27 bits per heavy atom. The van der Waals surface area contributed by atoms with Crippen LogP contribution in [0.15, 0.2) is 12.2 Å². The lowest BCUT2D eigenvalue weighted by Crippen LogP contribution is -2.21. The molecule has 0 spiro atoms. The average Bonchev–Trinajstić information content (AvgIpc) is 2.58. The summed E-state index contributed by atoms with van der Waals surface area (Å²) < 4.78 is 0. The Kier molecular flexibility index (Phi) is 1.54. The molecule has 0 aliphatic heterocycles. The van der Waals surface area contributed by atoms with E-state index in [2.05, 4.69) is 31.8 Å². The van der Waals surface area contributed by atoms with Crippen molar-refractivity contribution in [2.75, 3.05) is 0 Å². The predicted octanol–water partition coefficient (Wildman–Crippen LogP) is 3.29. The molecule has 0 N–H and O–H groups in total. The molecule has 1 saturated carbocycles. The molecule has 0 bridgehead atoms. The van der Waals surface area contributed by atoms with Crippen molar-refractivity contribution in [3.05, 3.63) is 12.2 Å². The number of rotatable bonds is 1. The number of hydrogen-bond donors (Lipinski definition) is 0. The van der Waals surface area contributed by atoms with Crippen LogP contribution in [0.2, 0.25) is 25.2 Å². The van der Waals surface area contributed by atoms with Crippen LogP contribution in [-0.2, 0) is 0 Å². The van der Waals surface area contributed by atoms with Gasteiger partial charge in [0, 0.05) is 8.07 Å². The van der Waals surface area contributed by atoms with E-state index in [0.717, 1.165) is 17.4 Å². The Labute approximate surface area is 70.7 Å². The van der Waals surface area contributed by atoms with Gasteiger partial charge in [-0.05, 0) is 30.2 Å². The molecule has 2 aliphatic rings. The van der Waals surface area contributed by atoms with Crippen molar-refractivity contribution in [3.8, 4) is 0 Å². The minimum absolute atomic E-state index is 0.803. The van der Waals surface area contributed by atoms with Gasteiger partial charge in [-0.15, -0.1) is 0 Å². The molecule has 62 valence electrons. The lowest BCUT2D eigenvalue weighted by atomic mass is 10.1. The molecule has 1 heteroatoms. The van der Waals surface area contributed by atoms with Crippen LogP contribution in [0.4, 0.5) is 0 Å². The van der Waals surface area contributed by atoms with E-state index in [4.69, 9.17) is 0 Å². The molecule has 2 rings (SSSR count). The van der Waals surface area contributed by atoms with Crippen molar-refractivity contribution in [2.24, 2.45) is 11.8 Å². The standard InChI is InChI=1S/C10H18Si/c1-11(2,3)10-8-6-4-5-7-9(8)10/h4,6,8-10H,5,7H2,1-3H3/t8-,9-,10+/m0/s1. The van der Waals surface area contributed by atoms with Crippen molar-refractivity contribution in [1.29, 1.82) is 0 Å². The van der Waals surface area contributed by atoms with Gasteiger partial charge in [0.2, 0.25) is 0 Å². The van der Waals surface area contributed by atoms with Crippen LogP contribution in [0.25, 0.3) is 0 Å². The van der Waals surface area contributed by atoms with Crippen LogP contribution in [-0.4, -0.2) is 8.07 Å². The largest absolute Gasteiger partial charge is 0.0882 e. The maximum absolute atomic E-state index is 2.52. The highest BCUT2D eigenvalue weighted by Crippen LogP contribution is 2.62. The predicted molar refractivity (Wildman–Crippen MR) is 52.5 cm³/mol. The molecule has 3 atom stereocenters. The zero-order valence-electron chi connectivity index (χ0n) is 7.80. The molecular weight excluding hydrogens is 148 g/mol. The minimum atomic E-state index is -0.803. The fourth-order valence-corrected chi connectivity index (χ4v) is 5.87. The summed E-state index contributed by atoms with van der Waals surface area (Å²) in [5, 5.41) is 0. The molecule has 0 heterocycles. The van der Waals surface area contributed by atoms with Gasteiger partial charge in [-0.25, -0.2) is 0 Å². The molecule has 0 amide bonds. The fourth-order valence-electron chi connectivity index (χ4n) is 2.80. The van der Waals surface area contributed by atoms with Gasteiger partial charge >= 0.3 is 0 Å². The number of hydrogen-bond acceptors (Lipinski definition) is 0. The normalized spacial score (nSPS) is 41.9. The summed E-state index contributed by atoms with van der Waals surface area (Å²) in [6.45, 7) is 7.55. The first-order valence-corrected chi connectivity index (χ1v) is 8.35. The second kappa shape index (κ2) is 2.22. The highest BCUT2D eigenvalue weighted by Gasteiger charge is 2.54. The van der Waals surface area contributed by atoms with Crippen LogP contribution >= 0.6 is 0 Å². The molecule has 0 aromatic heterocycles. The summed E-state index contributed by atoms with van der Waals surface area (Å²) in [4.78, 5) is 0. The van der Waals surface area contributed by atoms with Gasteiger partial charge in [0.05, 0.1) is 0 Å². The van der Waals surface area contributed by atoms with Crippen molar-refractivity contribution in [2.45, 2.75) is 38.0 Å². The average molecular weight is 166 g/mol. The van der Waals surface area contributed by atoms with E-state index >= 15 is 0 Å². The van der Waals surface area contributed by atoms with Crippen LogP contribution in [0.1, 0.15) is 12.8 Å². The van der Waals surface area contributed by atoms with Crippen LogP contribution in [0.5, 0.6) is 0 Å². The molecule has 0 saturated heterocycles. The molecule has 0 nitrogen and oxygen atoms in total. The second-order valence-electron chi connectivity index (χ2n) is 5.14. The van der Waals surface area contributed by atoms with E-state index in [1.165, 1.54) is 12.8 Å². The van der Waals surface area contributed by atoms with E-state index < -0.39 is 8.07 Å². The first kappa shape index (κ1) is 7.60. The first-order valence-electron chi connectivity index (χ1n) is 4.77. The van der Waals surface area contributed by atoms with Gasteiger partial charge < -0.3 is 0 Å². The summed E-state index contributed by atoms with van der Waals surface area (Å²) in [7, 11) is -0.803. The van der Waals surface area contributed by atoms with Gasteiger partial charge in [0.1, 0.15) is 0 Å². The molecule has 0 aromatic carbocycles. The Morgan fingerprint density at radius 2 is 2.00 bits per heavy atom. The first-order chi connectivity index (χ1) is 5.11. The summed E-state index contributed by atoms with van der Waals surface area (Å²) >= 11 is 0. The quantitative estimate of drug-likeness (QED) is 0.414. The van der Waals surface area contributed by atoms with E-state index in [1.807, 2.05) is 0 Å². The topological polar surface area (TPSA) is 0 Å². The zero-order chi connectivity index (χ0) is 8.06. The Hall–Kier alpha value is -0.0431. The third-order valence-corrected chi connectivity index (χ3v) is 6.07. The number of allylic oxidation sites excluding steroid dienone is 2. The smallest absolute Gasteiger partial charge is 0.0483 e. The Morgan fingerprint density at radius 3 is 2.45 bits per heavy atom. The van der Waals surface area contributed by atoms with Crippen LogP contribution in [0, 0.1) is 11.8 Å². The van der Waals surface area contributed by atoms with Crippen LogP contribution < -0.4 is 0 Å². The third-order valence-electron chi connectivity index (χ3n) is 3.25. The summed E-state index contributed by atoms with van der Waals surface area (Å²) in [5.74, 6) is 2.11. The maximum atomic E-state index is 2.52. The highest BCUT2D eigenvalue weighted by atomic mass is 28.3. The molecule has 11 heavy (non-hydrogen) atoms. The second-order valence-corrected chi connectivity index (χ2v) is 10.5. The molecular formula is C10H18Si. The Balaban J connectivity index is 2.08. The highest BCUT2D eigenvalue weighted by molar-refractivity contribution is 6.78. The molecule has 0 unspecified atom stereocenters. The summed E-state index contributed by atoms with van der Waals surface area (Å²) in [5.41, 5.74) is 1.13.